The summed E-state index contributed by atoms with van der Waals surface area (Å²) in [6.45, 7) is 5.98. The van der Waals surface area contributed by atoms with Gasteiger partial charge in [-0.05, 0) is 37.8 Å². The number of nitrogens with zero attached hydrogens (tertiary/aromatic N) is 2. The van der Waals surface area contributed by atoms with Crippen molar-refractivity contribution in [3.63, 3.8) is 0 Å². The van der Waals surface area contributed by atoms with Gasteiger partial charge in [-0.2, -0.15) is 0 Å². The average Bonchev–Trinajstić information content (AvgIpc) is 3.24. The number of hydrogen-bond acceptors (Lipinski definition) is 4. The summed E-state index contributed by atoms with van der Waals surface area (Å²) in [5.41, 5.74) is 1.34. The molecule has 1 N–H and O–H groups in total. The second kappa shape index (κ2) is 9.04. The third-order valence-electron chi connectivity index (χ3n) is 5.94. The van der Waals surface area contributed by atoms with E-state index >= 15 is 0 Å². The van der Waals surface area contributed by atoms with Crippen molar-refractivity contribution in [1.29, 1.82) is 0 Å². The number of urea groups is 1. The molecule has 0 bridgehead atoms. The molecule has 3 aliphatic rings. The maximum absolute atomic E-state index is 12.7. The maximum Gasteiger partial charge on any atom is 0.317 e. The average molecular weight is 373 g/mol. The van der Waals surface area contributed by atoms with Crippen molar-refractivity contribution in [2.24, 2.45) is 5.92 Å². The molecule has 4 rings (SSSR count). The first-order valence-corrected chi connectivity index (χ1v) is 10.3. The van der Waals surface area contributed by atoms with Gasteiger partial charge in [-0.3, -0.25) is 4.90 Å². The van der Waals surface area contributed by atoms with Crippen molar-refractivity contribution in [3.8, 4) is 0 Å². The quantitative estimate of drug-likeness (QED) is 0.881. The van der Waals surface area contributed by atoms with Gasteiger partial charge in [-0.25, -0.2) is 4.79 Å². The molecule has 3 aliphatic heterocycles. The predicted octanol–water partition coefficient (Wildman–Crippen LogP) is 2.45. The number of carbonyl (C=O) groups is 1. The van der Waals surface area contributed by atoms with Gasteiger partial charge in [0.1, 0.15) is 0 Å². The molecular formula is C21H31N3O3. The van der Waals surface area contributed by atoms with Crippen molar-refractivity contribution in [1.82, 2.24) is 15.1 Å². The number of hydrogen-bond donors (Lipinski definition) is 1. The van der Waals surface area contributed by atoms with E-state index in [1.807, 2.05) is 4.90 Å². The van der Waals surface area contributed by atoms with Crippen molar-refractivity contribution in [2.45, 2.75) is 44.6 Å². The van der Waals surface area contributed by atoms with E-state index < -0.39 is 0 Å². The lowest BCUT2D eigenvalue weighted by Gasteiger charge is -2.37. The second-order valence-electron chi connectivity index (χ2n) is 7.94. The van der Waals surface area contributed by atoms with Crippen LogP contribution in [0.5, 0.6) is 0 Å². The molecule has 0 aliphatic carbocycles. The monoisotopic (exact) mass is 373 g/mol. The summed E-state index contributed by atoms with van der Waals surface area (Å²) in [5, 5.41) is 3.27. The number of carbonyl (C=O) groups excluding carboxylic acids is 1. The van der Waals surface area contributed by atoms with Gasteiger partial charge in [0.25, 0.3) is 0 Å². The van der Waals surface area contributed by atoms with Crippen LogP contribution in [0.15, 0.2) is 30.3 Å². The van der Waals surface area contributed by atoms with Gasteiger partial charge >= 0.3 is 6.03 Å². The van der Waals surface area contributed by atoms with E-state index in [2.05, 4.69) is 40.5 Å². The molecule has 3 heterocycles. The third kappa shape index (κ3) is 5.00. The molecule has 1 aromatic rings. The highest BCUT2D eigenvalue weighted by molar-refractivity contribution is 5.74. The van der Waals surface area contributed by atoms with Crippen molar-refractivity contribution >= 4 is 6.03 Å². The number of likely N-dealkylation sites (tertiary alicyclic amines) is 2. The molecule has 3 fully saturated rings. The summed E-state index contributed by atoms with van der Waals surface area (Å²) < 4.78 is 11.2. The highest BCUT2D eigenvalue weighted by Crippen LogP contribution is 2.26. The molecule has 0 spiro atoms. The van der Waals surface area contributed by atoms with Crippen molar-refractivity contribution < 1.29 is 14.3 Å². The van der Waals surface area contributed by atoms with E-state index in [1.165, 1.54) is 5.56 Å². The zero-order chi connectivity index (χ0) is 18.5. The Morgan fingerprint density at radius 1 is 1.04 bits per heavy atom. The largest absolute Gasteiger partial charge is 0.350 e. The number of ether oxygens (including phenoxy) is 2. The third-order valence-corrected chi connectivity index (χ3v) is 5.94. The Hall–Kier alpha value is -1.63. The molecule has 1 atom stereocenters. The highest BCUT2D eigenvalue weighted by Gasteiger charge is 2.32. The van der Waals surface area contributed by atoms with Gasteiger partial charge in [0, 0.05) is 38.1 Å². The molecule has 0 radical (unpaired) electrons. The van der Waals surface area contributed by atoms with Crippen LogP contribution in [-0.4, -0.2) is 67.6 Å². The molecule has 6 heteroatoms. The maximum atomic E-state index is 12.7. The molecule has 6 nitrogen and oxygen atoms in total. The van der Waals surface area contributed by atoms with Gasteiger partial charge < -0.3 is 19.7 Å². The summed E-state index contributed by atoms with van der Waals surface area (Å²) in [5.74, 6) is 0.424. The molecular weight excluding hydrogens is 342 g/mol. The number of amides is 2. The van der Waals surface area contributed by atoms with Crippen LogP contribution in [-0.2, 0) is 16.0 Å². The van der Waals surface area contributed by atoms with E-state index in [0.29, 0.717) is 19.1 Å². The van der Waals surface area contributed by atoms with Crippen LogP contribution in [0.25, 0.3) is 0 Å². The fraction of sp³-hybridized carbons (Fsp3) is 0.667. The minimum Gasteiger partial charge on any atom is -0.350 e. The van der Waals surface area contributed by atoms with E-state index in [1.54, 1.807) is 0 Å². The summed E-state index contributed by atoms with van der Waals surface area (Å²) in [6.07, 6.45) is 4.07. The van der Waals surface area contributed by atoms with Crippen LogP contribution in [0.2, 0.25) is 0 Å². The Bertz CT molecular complexity index is 598. The Balaban J connectivity index is 1.22. The molecule has 0 saturated carbocycles. The second-order valence-corrected chi connectivity index (χ2v) is 7.94. The Morgan fingerprint density at radius 3 is 2.52 bits per heavy atom. The van der Waals surface area contributed by atoms with Gasteiger partial charge in [-0.15, -0.1) is 0 Å². The summed E-state index contributed by atoms with van der Waals surface area (Å²) in [7, 11) is 0. The van der Waals surface area contributed by atoms with E-state index in [-0.39, 0.29) is 18.4 Å². The van der Waals surface area contributed by atoms with Crippen LogP contribution in [0.3, 0.4) is 0 Å². The molecule has 3 saturated heterocycles. The van der Waals surface area contributed by atoms with E-state index in [4.69, 9.17) is 9.47 Å². The molecule has 27 heavy (non-hydrogen) atoms. The van der Waals surface area contributed by atoms with E-state index in [0.717, 1.165) is 58.4 Å². The fourth-order valence-electron chi connectivity index (χ4n) is 4.45. The molecule has 1 aromatic carbocycles. The predicted molar refractivity (Wildman–Crippen MR) is 103 cm³/mol. The lowest BCUT2D eigenvalue weighted by molar-refractivity contribution is -0.0952. The zero-order valence-electron chi connectivity index (χ0n) is 16.0. The smallest absolute Gasteiger partial charge is 0.317 e. The SMILES string of the molecule is O=C(NC1CCCN(Cc2ccccc2)C1)N1CCC(C2OCCO2)CC1. The van der Waals surface area contributed by atoms with Crippen molar-refractivity contribution in [3.05, 3.63) is 35.9 Å². The Kier molecular flexibility index (Phi) is 6.27. The molecule has 148 valence electrons. The van der Waals surface area contributed by atoms with Crippen LogP contribution in [0.4, 0.5) is 4.79 Å². The summed E-state index contributed by atoms with van der Waals surface area (Å²) in [4.78, 5) is 17.1. The zero-order valence-corrected chi connectivity index (χ0v) is 16.0. The standard InChI is InChI=1S/C21H31N3O3/c25-21(24-11-8-18(9-12-24)20-26-13-14-27-20)22-19-7-4-10-23(16-19)15-17-5-2-1-3-6-17/h1-3,5-6,18-20H,4,7-16H2,(H,22,25). The molecule has 2 amide bonds. The van der Waals surface area contributed by atoms with Crippen LogP contribution < -0.4 is 5.32 Å². The topological polar surface area (TPSA) is 54.0 Å². The fourth-order valence-corrected chi connectivity index (χ4v) is 4.45. The van der Waals surface area contributed by atoms with Crippen molar-refractivity contribution in [2.75, 3.05) is 39.4 Å². The number of rotatable bonds is 4. The lowest BCUT2D eigenvalue weighted by atomic mass is 9.96. The van der Waals surface area contributed by atoms with E-state index in [9.17, 15) is 4.79 Å². The lowest BCUT2D eigenvalue weighted by Crippen LogP contribution is -2.53. The highest BCUT2D eigenvalue weighted by atomic mass is 16.7. The number of benzene rings is 1. The molecule has 1 unspecified atom stereocenters. The molecule has 0 aromatic heterocycles. The van der Waals surface area contributed by atoms with Gasteiger partial charge in [-0.1, -0.05) is 30.3 Å². The van der Waals surface area contributed by atoms with Gasteiger partial charge in [0.05, 0.1) is 13.2 Å². The first kappa shape index (κ1) is 18.7. The van der Waals surface area contributed by atoms with Crippen LogP contribution in [0.1, 0.15) is 31.2 Å². The minimum absolute atomic E-state index is 0.0555. The first-order chi connectivity index (χ1) is 13.3. The number of piperidine rings is 2. The number of nitrogens with one attached hydrogen (secondary N) is 1. The summed E-state index contributed by atoms with van der Waals surface area (Å²) in [6, 6.07) is 10.9. The Labute approximate surface area is 161 Å². The summed E-state index contributed by atoms with van der Waals surface area (Å²) >= 11 is 0. The van der Waals surface area contributed by atoms with Gasteiger partial charge in [0.2, 0.25) is 0 Å². The Morgan fingerprint density at radius 2 is 1.78 bits per heavy atom. The van der Waals surface area contributed by atoms with Crippen LogP contribution in [0, 0.1) is 5.92 Å². The first-order valence-electron chi connectivity index (χ1n) is 10.3. The van der Waals surface area contributed by atoms with Gasteiger partial charge in [0.15, 0.2) is 6.29 Å². The normalized spacial score (nSPS) is 25.6. The minimum atomic E-state index is -0.0555. The van der Waals surface area contributed by atoms with Crippen LogP contribution >= 0.6 is 0 Å².